The van der Waals surface area contributed by atoms with Crippen LogP contribution in [0.2, 0.25) is 0 Å². The molecule has 1 atom stereocenters. The third-order valence-electron chi connectivity index (χ3n) is 4.66. The molecule has 8 nitrogen and oxygen atoms in total. The molecule has 152 valence electrons. The van der Waals surface area contributed by atoms with E-state index in [0.29, 0.717) is 16.9 Å². The van der Waals surface area contributed by atoms with Gasteiger partial charge in [0, 0.05) is 24.7 Å². The van der Waals surface area contributed by atoms with Gasteiger partial charge in [-0.1, -0.05) is 30.2 Å². The van der Waals surface area contributed by atoms with Gasteiger partial charge in [0.25, 0.3) is 5.91 Å². The summed E-state index contributed by atoms with van der Waals surface area (Å²) in [6, 6.07) is 14.9. The molecule has 0 saturated carbocycles. The van der Waals surface area contributed by atoms with Gasteiger partial charge in [0.05, 0.1) is 5.69 Å². The number of carbonyl (C=O) groups is 3. The number of nitrogens with one attached hydrogen (secondary N) is 1. The van der Waals surface area contributed by atoms with E-state index in [1.54, 1.807) is 48.5 Å². The molecule has 0 aliphatic carbocycles. The van der Waals surface area contributed by atoms with Crippen LogP contribution in [0.25, 0.3) is 0 Å². The molecule has 0 aromatic heterocycles. The summed E-state index contributed by atoms with van der Waals surface area (Å²) >= 11 is 0. The lowest BCUT2D eigenvalue weighted by atomic mass is 10.1. The maximum absolute atomic E-state index is 13.3. The fraction of sp³-hybridized carbons (Fsp3) is 0.182. The minimum Gasteiger partial charge on any atom is -0.368 e. The summed E-state index contributed by atoms with van der Waals surface area (Å²) in [6.07, 6.45) is 5.49. The van der Waals surface area contributed by atoms with Crippen LogP contribution in [0.5, 0.6) is 0 Å². The van der Waals surface area contributed by atoms with Gasteiger partial charge < -0.3 is 11.1 Å². The van der Waals surface area contributed by atoms with Gasteiger partial charge in [0.1, 0.15) is 18.3 Å². The quantitative estimate of drug-likeness (QED) is 0.698. The maximum atomic E-state index is 13.3. The highest BCUT2D eigenvalue weighted by atomic mass is 16.2. The first-order valence-corrected chi connectivity index (χ1v) is 9.24. The van der Waals surface area contributed by atoms with E-state index < -0.39 is 17.9 Å². The molecule has 0 bridgehead atoms. The van der Waals surface area contributed by atoms with Crippen LogP contribution in [-0.4, -0.2) is 43.1 Å². The van der Waals surface area contributed by atoms with E-state index >= 15 is 0 Å². The summed E-state index contributed by atoms with van der Waals surface area (Å²) in [5.41, 5.74) is 7.33. The number of hydrazone groups is 1. The highest BCUT2D eigenvalue weighted by Crippen LogP contribution is 2.26. The maximum Gasteiger partial charge on any atom is 0.275 e. The zero-order chi connectivity index (χ0) is 21.7. The van der Waals surface area contributed by atoms with E-state index in [4.69, 9.17) is 12.2 Å². The number of amides is 3. The molecule has 3 amide bonds. The monoisotopic (exact) mass is 403 g/mol. The van der Waals surface area contributed by atoms with Crippen LogP contribution in [0.1, 0.15) is 12.0 Å². The highest BCUT2D eigenvalue weighted by Gasteiger charge is 2.37. The fourth-order valence-electron chi connectivity index (χ4n) is 3.10. The standard InChI is InChI=1S/C22H21N5O3/c1-3-15-8-7-11-17(12-15)26(14-20(28)24-2)22(30)18-13-19(21(23)29)27(25-18)16-9-5-4-6-10-16/h1,4-12,19H,13-14H2,2H3,(H2,23,29)(H,24,28). The lowest BCUT2D eigenvalue weighted by Crippen LogP contribution is -2.43. The van der Waals surface area contributed by atoms with Crippen LogP contribution in [0.15, 0.2) is 59.7 Å². The lowest BCUT2D eigenvalue weighted by Gasteiger charge is -2.22. The Bertz CT molecular complexity index is 1040. The van der Waals surface area contributed by atoms with Gasteiger partial charge in [-0.25, -0.2) is 0 Å². The normalized spacial score (nSPS) is 15.1. The van der Waals surface area contributed by atoms with Gasteiger partial charge >= 0.3 is 0 Å². The second-order valence-corrected chi connectivity index (χ2v) is 6.61. The number of carbonyl (C=O) groups excluding carboxylic acids is 3. The number of anilines is 2. The minimum atomic E-state index is -0.801. The first kappa shape index (κ1) is 20.6. The topological polar surface area (TPSA) is 108 Å². The number of terminal acetylenes is 1. The summed E-state index contributed by atoms with van der Waals surface area (Å²) in [5, 5.41) is 8.31. The Kier molecular flexibility index (Phi) is 6.13. The van der Waals surface area contributed by atoms with Crippen molar-refractivity contribution in [2.24, 2.45) is 10.8 Å². The van der Waals surface area contributed by atoms with Crippen molar-refractivity contribution in [2.45, 2.75) is 12.5 Å². The molecule has 3 N–H and O–H groups in total. The van der Waals surface area contributed by atoms with Crippen molar-refractivity contribution in [3.63, 3.8) is 0 Å². The number of nitrogens with two attached hydrogens (primary N) is 1. The number of benzene rings is 2. The van der Waals surface area contributed by atoms with Crippen molar-refractivity contribution >= 4 is 34.8 Å². The Balaban J connectivity index is 1.98. The average molecular weight is 403 g/mol. The van der Waals surface area contributed by atoms with Crippen molar-refractivity contribution in [2.75, 3.05) is 23.5 Å². The molecular weight excluding hydrogens is 382 g/mol. The Morgan fingerprint density at radius 2 is 1.97 bits per heavy atom. The number of para-hydroxylation sites is 1. The van der Waals surface area contributed by atoms with Gasteiger partial charge in [-0.3, -0.25) is 24.3 Å². The number of nitrogens with zero attached hydrogens (tertiary/aromatic N) is 3. The van der Waals surface area contributed by atoms with E-state index in [1.165, 1.54) is 17.0 Å². The third-order valence-corrected chi connectivity index (χ3v) is 4.66. The predicted molar refractivity (Wildman–Crippen MR) is 115 cm³/mol. The number of rotatable bonds is 6. The smallest absolute Gasteiger partial charge is 0.275 e. The van der Waals surface area contributed by atoms with E-state index in [0.717, 1.165) is 0 Å². The van der Waals surface area contributed by atoms with Crippen LogP contribution in [0.3, 0.4) is 0 Å². The first-order valence-electron chi connectivity index (χ1n) is 9.24. The molecular formula is C22H21N5O3. The largest absolute Gasteiger partial charge is 0.368 e. The van der Waals surface area contributed by atoms with Gasteiger partial charge in [-0.05, 0) is 30.3 Å². The van der Waals surface area contributed by atoms with Crippen LogP contribution in [-0.2, 0) is 14.4 Å². The first-order chi connectivity index (χ1) is 14.4. The summed E-state index contributed by atoms with van der Waals surface area (Å²) in [7, 11) is 1.48. The van der Waals surface area contributed by atoms with Crippen molar-refractivity contribution in [1.29, 1.82) is 0 Å². The summed E-state index contributed by atoms with van der Waals surface area (Å²) in [4.78, 5) is 38.7. The second kappa shape index (κ2) is 8.92. The Morgan fingerprint density at radius 1 is 1.23 bits per heavy atom. The molecule has 2 aromatic rings. The van der Waals surface area contributed by atoms with E-state index in [1.807, 2.05) is 6.07 Å². The zero-order valence-corrected chi connectivity index (χ0v) is 16.4. The number of primary amides is 1. The molecule has 0 radical (unpaired) electrons. The third kappa shape index (κ3) is 4.31. The fourth-order valence-corrected chi connectivity index (χ4v) is 3.10. The highest BCUT2D eigenvalue weighted by molar-refractivity contribution is 6.45. The molecule has 8 heteroatoms. The molecule has 1 unspecified atom stereocenters. The van der Waals surface area contributed by atoms with Gasteiger partial charge in [-0.15, -0.1) is 6.42 Å². The Morgan fingerprint density at radius 3 is 2.60 bits per heavy atom. The molecule has 3 rings (SSSR count). The van der Waals surface area contributed by atoms with Gasteiger partial charge in [0.2, 0.25) is 11.8 Å². The second-order valence-electron chi connectivity index (χ2n) is 6.61. The molecule has 1 aliphatic rings. The van der Waals surface area contributed by atoms with Gasteiger partial charge in [0.15, 0.2) is 0 Å². The predicted octanol–water partition coefficient (Wildman–Crippen LogP) is 0.867. The number of likely N-dealkylation sites (N-methyl/N-ethyl adjacent to an activating group) is 1. The van der Waals surface area contributed by atoms with Crippen molar-refractivity contribution in [1.82, 2.24) is 5.32 Å². The molecule has 0 saturated heterocycles. The SMILES string of the molecule is C#Cc1cccc(N(CC(=O)NC)C(=O)C2=NN(c3ccccc3)C(C(N)=O)C2)c1. The summed E-state index contributed by atoms with van der Waals surface area (Å²) in [5.74, 6) is 1.05. The van der Waals surface area contributed by atoms with Crippen LogP contribution >= 0.6 is 0 Å². The average Bonchev–Trinajstić information content (AvgIpc) is 3.23. The minimum absolute atomic E-state index is 0.0299. The zero-order valence-electron chi connectivity index (χ0n) is 16.4. The number of hydrogen-bond acceptors (Lipinski definition) is 5. The summed E-state index contributed by atoms with van der Waals surface area (Å²) in [6.45, 7) is -0.227. The lowest BCUT2D eigenvalue weighted by molar-refractivity contribution is -0.121. The van der Waals surface area contributed by atoms with Crippen molar-refractivity contribution in [3.8, 4) is 12.3 Å². The van der Waals surface area contributed by atoms with E-state index in [9.17, 15) is 14.4 Å². The van der Waals surface area contributed by atoms with Crippen LogP contribution in [0, 0.1) is 12.3 Å². The molecule has 1 heterocycles. The number of hydrogen-bond donors (Lipinski definition) is 2. The van der Waals surface area contributed by atoms with E-state index in [-0.39, 0.29) is 24.6 Å². The Labute approximate surface area is 174 Å². The van der Waals surface area contributed by atoms with Crippen LogP contribution in [0.4, 0.5) is 11.4 Å². The molecule has 0 spiro atoms. The molecule has 0 fully saturated rings. The Hall–Kier alpha value is -4.12. The summed E-state index contributed by atoms with van der Waals surface area (Å²) < 4.78 is 0. The molecule has 1 aliphatic heterocycles. The molecule has 2 aromatic carbocycles. The van der Waals surface area contributed by atoms with Crippen LogP contribution < -0.4 is 21.0 Å². The van der Waals surface area contributed by atoms with Gasteiger partial charge in [-0.2, -0.15) is 5.10 Å². The molecule has 30 heavy (non-hydrogen) atoms. The van der Waals surface area contributed by atoms with Crippen molar-refractivity contribution < 1.29 is 14.4 Å². The van der Waals surface area contributed by atoms with Crippen molar-refractivity contribution in [3.05, 3.63) is 60.2 Å². The van der Waals surface area contributed by atoms with E-state index in [2.05, 4.69) is 16.3 Å².